The normalized spacial score (nSPS) is 31.7. The second-order valence-electron chi connectivity index (χ2n) is 15.3. The number of carbonyl (C=O) groups excluding carboxylic acids is 2. The maximum atomic E-state index is 13.9. The van der Waals surface area contributed by atoms with Gasteiger partial charge in [0.1, 0.15) is 11.7 Å². The minimum atomic E-state index is -0.575. The molecule has 2 aromatic carbocycles. The molecular weight excluding hydrogens is 584 g/mol. The van der Waals surface area contributed by atoms with Crippen LogP contribution in [-0.4, -0.2) is 76.1 Å². The zero-order chi connectivity index (χ0) is 32.5. The molecule has 47 heavy (non-hydrogen) atoms. The average molecular weight is 631 g/mol. The number of pyridine rings is 1. The van der Waals surface area contributed by atoms with E-state index in [1.165, 1.54) is 17.5 Å². The van der Waals surface area contributed by atoms with Gasteiger partial charge in [-0.1, -0.05) is 37.1 Å². The lowest BCUT2D eigenvalue weighted by Gasteiger charge is -2.52. The maximum Gasteiger partial charge on any atom is 0.273 e. The summed E-state index contributed by atoms with van der Waals surface area (Å²) in [6, 6.07) is 15.7. The Morgan fingerprint density at radius 2 is 1.77 bits per heavy atom. The summed E-state index contributed by atoms with van der Waals surface area (Å²) in [5, 5.41) is 12.3. The smallest absolute Gasteiger partial charge is 0.273 e. The third-order valence-corrected chi connectivity index (χ3v) is 13.1. The minimum Gasteiger partial charge on any atom is -0.390 e. The van der Waals surface area contributed by atoms with Crippen LogP contribution in [0.3, 0.4) is 0 Å². The van der Waals surface area contributed by atoms with E-state index in [1.807, 2.05) is 35.2 Å². The van der Waals surface area contributed by atoms with Crippen LogP contribution in [0.15, 0.2) is 48.5 Å². The first-order valence-corrected chi connectivity index (χ1v) is 17.7. The van der Waals surface area contributed by atoms with Gasteiger partial charge in [-0.3, -0.25) is 9.59 Å². The summed E-state index contributed by atoms with van der Waals surface area (Å²) < 4.78 is 0. The first-order chi connectivity index (χ1) is 22.7. The van der Waals surface area contributed by atoms with Gasteiger partial charge in [0.15, 0.2) is 0 Å². The molecule has 0 bridgehead atoms. The number of terminal acetylenes is 1. The predicted octanol–water partition coefficient (Wildman–Crippen LogP) is 5.78. The second-order valence-corrected chi connectivity index (χ2v) is 15.3. The Morgan fingerprint density at radius 3 is 2.57 bits per heavy atom. The number of aryl methyl sites for hydroxylation is 1. The zero-order valence-corrected chi connectivity index (χ0v) is 27.8. The van der Waals surface area contributed by atoms with Crippen LogP contribution in [0, 0.1) is 29.6 Å². The third-order valence-electron chi connectivity index (χ3n) is 13.1. The van der Waals surface area contributed by atoms with E-state index in [4.69, 9.17) is 6.42 Å². The number of para-hydroxylation sites is 1. The van der Waals surface area contributed by atoms with Crippen LogP contribution < -0.4 is 4.90 Å². The Bertz CT molecular complexity index is 1790. The molecule has 7 heteroatoms. The summed E-state index contributed by atoms with van der Waals surface area (Å²) in [6.07, 6.45) is 14.0. The first kappa shape index (κ1) is 30.4. The Kier molecular flexibility index (Phi) is 7.37. The van der Waals surface area contributed by atoms with Gasteiger partial charge in [0.05, 0.1) is 16.8 Å². The molecule has 3 heterocycles. The molecule has 0 spiro atoms. The molecule has 244 valence electrons. The average Bonchev–Trinajstić information content (AvgIpc) is 3.68. The van der Waals surface area contributed by atoms with E-state index >= 15 is 0 Å². The van der Waals surface area contributed by atoms with Crippen molar-refractivity contribution in [2.75, 3.05) is 37.6 Å². The number of aliphatic hydroxyl groups is 1. The molecule has 1 aromatic heterocycles. The molecule has 1 N–H and O–H groups in total. The topological polar surface area (TPSA) is 77.0 Å². The third kappa shape index (κ3) is 4.86. The van der Waals surface area contributed by atoms with Crippen molar-refractivity contribution >= 4 is 28.4 Å². The van der Waals surface area contributed by atoms with E-state index in [1.54, 1.807) is 11.0 Å². The Morgan fingerprint density at radius 1 is 0.957 bits per heavy atom. The van der Waals surface area contributed by atoms with Crippen LogP contribution in [-0.2, 0) is 11.2 Å². The van der Waals surface area contributed by atoms with Crippen molar-refractivity contribution in [3.05, 3.63) is 70.9 Å². The molecule has 8 rings (SSSR count). The fourth-order valence-electron chi connectivity index (χ4n) is 10.2. The molecule has 6 atom stereocenters. The second kappa shape index (κ2) is 11.4. The standard InChI is InChI=1S/C40H46N4O3/c1-4-26-24-28-11-13-30-29(15-17-39(2)32(30)16-18-40(39,3)47)31(28)25-36(26)42-20-22-43(23-21-42)38(46)35-10-7-19-44(35)37(45)34-14-12-27-8-5-6-9-33(27)41-34/h1,5-6,8-9,12,14,24-25,29-30,32,35,47H,7,10-11,13,15-23H2,2-3H3/t29-,30+,32-,35-,39-,40-/m0/s1. The van der Waals surface area contributed by atoms with Gasteiger partial charge < -0.3 is 19.8 Å². The molecule has 2 saturated carbocycles. The molecule has 0 radical (unpaired) electrons. The highest BCUT2D eigenvalue weighted by molar-refractivity contribution is 5.98. The van der Waals surface area contributed by atoms with Crippen molar-refractivity contribution in [2.24, 2.45) is 17.3 Å². The number of hydrogen-bond donors (Lipinski definition) is 1. The Balaban J connectivity index is 0.972. The summed E-state index contributed by atoms with van der Waals surface area (Å²) in [6.45, 7) is 7.61. The van der Waals surface area contributed by atoms with E-state index in [2.05, 4.69) is 41.8 Å². The zero-order valence-electron chi connectivity index (χ0n) is 27.8. The van der Waals surface area contributed by atoms with Crippen LogP contribution in [0.4, 0.5) is 5.69 Å². The van der Waals surface area contributed by atoms with E-state index in [0.717, 1.165) is 60.7 Å². The number of anilines is 1. The van der Waals surface area contributed by atoms with Crippen LogP contribution in [0.1, 0.15) is 91.9 Å². The number of amides is 2. The number of aromatic nitrogens is 1. The van der Waals surface area contributed by atoms with Gasteiger partial charge in [-0.15, -0.1) is 6.42 Å². The van der Waals surface area contributed by atoms with Crippen molar-refractivity contribution < 1.29 is 14.7 Å². The number of nitrogens with zero attached hydrogens (tertiary/aromatic N) is 4. The number of rotatable bonds is 3. The monoisotopic (exact) mass is 630 g/mol. The summed E-state index contributed by atoms with van der Waals surface area (Å²) in [4.78, 5) is 38.1. The van der Waals surface area contributed by atoms with E-state index in [-0.39, 0.29) is 17.2 Å². The largest absolute Gasteiger partial charge is 0.390 e. The van der Waals surface area contributed by atoms with Crippen LogP contribution >= 0.6 is 0 Å². The van der Waals surface area contributed by atoms with Crippen LogP contribution in [0.25, 0.3) is 10.9 Å². The van der Waals surface area contributed by atoms with E-state index in [9.17, 15) is 14.7 Å². The predicted molar refractivity (Wildman–Crippen MR) is 184 cm³/mol. The van der Waals surface area contributed by atoms with Gasteiger partial charge in [0.25, 0.3) is 5.91 Å². The lowest BCUT2D eigenvalue weighted by Crippen LogP contribution is -2.54. The van der Waals surface area contributed by atoms with Crippen LogP contribution in [0.2, 0.25) is 0 Å². The highest BCUT2D eigenvalue weighted by Gasteiger charge is 2.59. The number of benzene rings is 2. The van der Waals surface area contributed by atoms with E-state index in [0.29, 0.717) is 62.6 Å². The highest BCUT2D eigenvalue weighted by Crippen LogP contribution is 2.64. The first-order valence-electron chi connectivity index (χ1n) is 17.7. The molecule has 4 fully saturated rings. The number of carbonyl (C=O) groups is 2. The molecule has 3 aliphatic carbocycles. The minimum absolute atomic E-state index is 0.00160. The lowest BCUT2D eigenvalue weighted by atomic mass is 9.53. The fraction of sp³-hybridized carbons (Fsp3) is 0.525. The number of likely N-dealkylation sites (tertiary alicyclic amines) is 1. The summed E-state index contributed by atoms with van der Waals surface area (Å²) in [5.74, 6) is 4.55. The van der Waals surface area contributed by atoms with Crippen molar-refractivity contribution in [1.82, 2.24) is 14.8 Å². The van der Waals surface area contributed by atoms with Gasteiger partial charge in [-0.2, -0.15) is 0 Å². The van der Waals surface area contributed by atoms with Gasteiger partial charge in [-0.25, -0.2) is 4.98 Å². The molecule has 0 unspecified atom stereocenters. The van der Waals surface area contributed by atoms with Crippen molar-refractivity contribution in [1.29, 1.82) is 0 Å². The summed E-state index contributed by atoms with van der Waals surface area (Å²) in [7, 11) is 0. The molecule has 2 amide bonds. The van der Waals surface area contributed by atoms with Crippen molar-refractivity contribution in [3.63, 3.8) is 0 Å². The Hall–Kier alpha value is -3.89. The fourth-order valence-corrected chi connectivity index (χ4v) is 10.2. The molecule has 5 aliphatic rings. The van der Waals surface area contributed by atoms with Gasteiger partial charge in [0.2, 0.25) is 5.91 Å². The molecule has 2 saturated heterocycles. The number of hydrogen-bond acceptors (Lipinski definition) is 5. The number of piperazine rings is 1. The van der Waals surface area contributed by atoms with Gasteiger partial charge >= 0.3 is 0 Å². The summed E-state index contributed by atoms with van der Waals surface area (Å²) >= 11 is 0. The van der Waals surface area contributed by atoms with Gasteiger partial charge in [-0.05, 0) is 117 Å². The highest BCUT2D eigenvalue weighted by atomic mass is 16.3. The van der Waals surface area contributed by atoms with Crippen molar-refractivity contribution in [2.45, 2.75) is 82.8 Å². The summed E-state index contributed by atoms with van der Waals surface area (Å²) in [5.41, 5.74) is 5.53. The molecular formula is C40H46N4O3. The Labute approximate surface area is 278 Å². The molecule has 7 nitrogen and oxygen atoms in total. The van der Waals surface area contributed by atoms with E-state index < -0.39 is 11.6 Å². The SMILES string of the molecule is C#Cc1cc2c(cc1N1CCN(C(=O)[C@@H]3CCCN3C(=O)c3ccc4ccccc4n3)CC1)[C@H]1CC[C@@]3(C)[C@@H](CC[C@]3(C)O)[C@@H]1CC2. The lowest BCUT2D eigenvalue weighted by molar-refractivity contribution is -0.135. The molecule has 3 aromatic rings. The van der Waals surface area contributed by atoms with Crippen molar-refractivity contribution in [3.8, 4) is 12.3 Å². The molecule has 2 aliphatic heterocycles. The van der Waals surface area contributed by atoms with Gasteiger partial charge in [0, 0.05) is 43.7 Å². The number of fused-ring (bicyclic) bond motifs is 6. The maximum absolute atomic E-state index is 13.9. The van der Waals surface area contributed by atoms with Crippen LogP contribution in [0.5, 0.6) is 0 Å². The quantitative estimate of drug-likeness (QED) is 0.372.